The Hall–Kier alpha value is -7.03. The van der Waals surface area contributed by atoms with Crippen LogP contribution in [0, 0.1) is 0 Å². The number of benzene rings is 9. The molecule has 0 fully saturated rings. The summed E-state index contributed by atoms with van der Waals surface area (Å²) in [5.74, 6) is 0. The summed E-state index contributed by atoms with van der Waals surface area (Å²) in [6, 6.07) is 71.9. The average molecular weight is 675 g/mol. The normalized spacial score (nSPS) is 11.4. The molecule has 9 aromatic carbocycles. The van der Waals surface area contributed by atoms with Crippen molar-refractivity contribution in [3.05, 3.63) is 206 Å². The SMILES string of the molecule is c1ccc(-c2ccc(N(c3ccc(-c4ccccc4)cc3)c3ccc(-c4ccc5c(c4)c4ccccc4c4cc6ccccc6cc54)nc3)cc2)cc1. The second kappa shape index (κ2) is 12.9. The van der Waals surface area contributed by atoms with Crippen LogP contribution in [0.5, 0.6) is 0 Å². The molecule has 53 heavy (non-hydrogen) atoms. The van der Waals surface area contributed by atoms with Crippen LogP contribution in [-0.4, -0.2) is 4.98 Å². The summed E-state index contributed by atoms with van der Waals surface area (Å²) >= 11 is 0. The van der Waals surface area contributed by atoms with Gasteiger partial charge in [0.25, 0.3) is 0 Å². The van der Waals surface area contributed by atoms with E-state index >= 15 is 0 Å². The van der Waals surface area contributed by atoms with Crippen LogP contribution in [0.4, 0.5) is 17.1 Å². The zero-order chi connectivity index (χ0) is 35.1. The van der Waals surface area contributed by atoms with Crippen molar-refractivity contribution >= 4 is 60.2 Å². The molecule has 1 aromatic heterocycles. The van der Waals surface area contributed by atoms with Gasteiger partial charge in [0, 0.05) is 16.9 Å². The van der Waals surface area contributed by atoms with E-state index in [1.165, 1.54) is 65.3 Å². The van der Waals surface area contributed by atoms with Gasteiger partial charge in [-0.15, -0.1) is 0 Å². The van der Waals surface area contributed by atoms with Gasteiger partial charge in [0.15, 0.2) is 0 Å². The predicted octanol–water partition coefficient (Wildman–Crippen LogP) is 14.2. The lowest BCUT2D eigenvalue weighted by atomic mass is 9.91. The summed E-state index contributed by atoms with van der Waals surface area (Å²) in [5, 5.41) is 10.1. The Labute approximate surface area is 308 Å². The molecule has 0 aliphatic rings. The minimum Gasteiger partial charge on any atom is -0.309 e. The van der Waals surface area contributed by atoms with Crippen LogP contribution in [0.3, 0.4) is 0 Å². The van der Waals surface area contributed by atoms with Gasteiger partial charge in [-0.05, 0) is 120 Å². The van der Waals surface area contributed by atoms with Crippen molar-refractivity contribution in [2.45, 2.75) is 0 Å². The van der Waals surface area contributed by atoms with Gasteiger partial charge in [-0.2, -0.15) is 0 Å². The van der Waals surface area contributed by atoms with Crippen LogP contribution in [-0.2, 0) is 0 Å². The number of pyridine rings is 1. The highest BCUT2D eigenvalue weighted by molar-refractivity contribution is 6.27. The van der Waals surface area contributed by atoms with E-state index in [9.17, 15) is 0 Å². The molecule has 0 atom stereocenters. The van der Waals surface area contributed by atoms with Crippen molar-refractivity contribution in [1.29, 1.82) is 0 Å². The fourth-order valence-corrected chi connectivity index (χ4v) is 7.80. The molecule has 0 aliphatic carbocycles. The maximum atomic E-state index is 5.10. The van der Waals surface area contributed by atoms with Gasteiger partial charge in [0.2, 0.25) is 0 Å². The van der Waals surface area contributed by atoms with Gasteiger partial charge in [0.1, 0.15) is 0 Å². The van der Waals surface area contributed by atoms with Crippen molar-refractivity contribution in [1.82, 2.24) is 4.98 Å². The van der Waals surface area contributed by atoms with Crippen LogP contribution >= 0.6 is 0 Å². The monoisotopic (exact) mass is 674 g/mol. The Morgan fingerprint density at radius 1 is 0.283 bits per heavy atom. The Balaban J connectivity index is 1.06. The second-order valence-electron chi connectivity index (χ2n) is 13.6. The minimum absolute atomic E-state index is 0.942. The lowest BCUT2D eigenvalue weighted by Gasteiger charge is -2.26. The molecule has 0 N–H and O–H groups in total. The highest BCUT2D eigenvalue weighted by atomic mass is 15.1. The molecule has 0 saturated heterocycles. The van der Waals surface area contributed by atoms with Gasteiger partial charge >= 0.3 is 0 Å². The predicted molar refractivity (Wildman–Crippen MR) is 225 cm³/mol. The third-order valence-corrected chi connectivity index (χ3v) is 10.5. The Bertz CT molecular complexity index is 2810. The highest BCUT2D eigenvalue weighted by Crippen LogP contribution is 2.40. The summed E-state index contributed by atoms with van der Waals surface area (Å²) < 4.78 is 0. The van der Waals surface area contributed by atoms with E-state index in [2.05, 4.69) is 205 Å². The van der Waals surface area contributed by atoms with Gasteiger partial charge in [-0.25, -0.2) is 0 Å². The Morgan fingerprint density at radius 2 is 0.698 bits per heavy atom. The maximum absolute atomic E-state index is 5.10. The molecule has 2 heteroatoms. The molecule has 0 unspecified atom stereocenters. The van der Waals surface area contributed by atoms with Crippen molar-refractivity contribution in [3.63, 3.8) is 0 Å². The highest BCUT2D eigenvalue weighted by Gasteiger charge is 2.16. The number of anilines is 3. The molecule has 0 aliphatic heterocycles. The van der Waals surface area contributed by atoms with Crippen molar-refractivity contribution in [2.24, 2.45) is 0 Å². The summed E-state index contributed by atoms with van der Waals surface area (Å²) in [6.45, 7) is 0. The van der Waals surface area contributed by atoms with E-state index in [4.69, 9.17) is 4.98 Å². The van der Waals surface area contributed by atoms with Crippen molar-refractivity contribution < 1.29 is 0 Å². The smallest absolute Gasteiger partial charge is 0.0703 e. The van der Waals surface area contributed by atoms with E-state index in [0.717, 1.165) is 28.3 Å². The van der Waals surface area contributed by atoms with E-state index in [0.29, 0.717) is 0 Å². The first-order valence-electron chi connectivity index (χ1n) is 18.1. The van der Waals surface area contributed by atoms with Crippen LogP contribution in [0.1, 0.15) is 0 Å². The first-order valence-corrected chi connectivity index (χ1v) is 18.1. The first-order chi connectivity index (χ1) is 26.3. The number of aromatic nitrogens is 1. The molecule has 0 radical (unpaired) electrons. The summed E-state index contributed by atoms with van der Waals surface area (Å²) in [6.07, 6.45) is 2.00. The fourth-order valence-electron chi connectivity index (χ4n) is 7.80. The largest absolute Gasteiger partial charge is 0.309 e. The van der Waals surface area contributed by atoms with E-state index in [1.807, 2.05) is 6.20 Å². The van der Waals surface area contributed by atoms with E-state index in [-0.39, 0.29) is 0 Å². The molecule has 0 bridgehead atoms. The minimum atomic E-state index is 0.942. The zero-order valence-electron chi connectivity index (χ0n) is 29.0. The molecule has 0 saturated carbocycles. The van der Waals surface area contributed by atoms with Crippen LogP contribution in [0.15, 0.2) is 206 Å². The van der Waals surface area contributed by atoms with Gasteiger partial charge in [-0.1, -0.05) is 146 Å². The maximum Gasteiger partial charge on any atom is 0.0703 e. The third-order valence-electron chi connectivity index (χ3n) is 10.5. The average Bonchev–Trinajstić information content (AvgIpc) is 3.24. The van der Waals surface area contributed by atoms with Crippen LogP contribution in [0.25, 0.3) is 76.6 Å². The van der Waals surface area contributed by atoms with Crippen molar-refractivity contribution in [2.75, 3.05) is 4.90 Å². The van der Waals surface area contributed by atoms with E-state index in [1.54, 1.807) is 0 Å². The van der Waals surface area contributed by atoms with E-state index < -0.39 is 0 Å². The number of hydrogen-bond donors (Lipinski definition) is 0. The number of fused-ring (bicyclic) bond motifs is 7. The Morgan fingerprint density at radius 3 is 1.21 bits per heavy atom. The first kappa shape index (κ1) is 30.8. The van der Waals surface area contributed by atoms with Crippen LogP contribution in [0.2, 0.25) is 0 Å². The lowest BCUT2D eigenvalue weighted by Crippen LogP contribution is -2.10. The van der Waals surface area contributed by atoms with Crippen molar-refractivity contribution in [3.8, 4) is 33.5 Å². The topological polar surface area (TPSA) is 16.1 Å². The van der Waals surface area contributed by atoms with Crippen LogP contribution < -0.4 is 4.90 Å². The molecule has 1 heterocycles. The standard InChI is InChI=1S/C51H34N2/c1-3-11-35(12-4-1)37-19-24-42(25-20-37)53(43-26-21-38(22-27-43)36-13-5-2-6-14-36)44-28-30-51(52-34-44)41-23-29-47-48(33-41)45-17-9-10-18-46(45)49-31-39-15-7-8-16-40(39)32-50(47)49/h1-34H. The molecule has 248 valence electrons. The fraction of sp³-hybridized carbons (Fsp3) is 0. The Kier molecular flexibility index (Phi) is 7.51. The number of nitrogens with zero attached hydrogens (tertiary/aromatic N) is 2. The number of hydrogen-bond acceptors (Lipinski definition) is 2. The van der Waals surface area contributed by atoms with Gasteiger partial charge in [-0.3, -0.25) is 4.98 Å². The van der Waals surface area contributed by atoms with Gasteiger partial charge < -0.3 is 4.90 Å². The molecule has 0 spiro atoms. The second-order valence-corrected chi connectivity index (χ2v) is 13.6. The summed E-state index contributed by atoms with van der Waals surface area (Å²) in [4.78, 5) is 7.38. The third kappa shape index (κ3) is 5.58. The quantitative estimate of drug-likeness (QED) is 0.129. The zero-order valence-corrected chi connectivity index (χ0v) is 29.0. The lowest BCUT2D eigenvalue weighted by molar-refractivity contribution is 1.23. The summed E-state index contributed by atoms with van der Waals surface area (Å²) in [5.41, 5.74) is 9.96. The molecular weight excluding hydrogens is 641 g/mol. The summed E-state index contributed by atoms with van der Waals surface area (Å²) in [7, 11) is 0. The molecule has 10 rings (SSSR count). The molecule has 10 aromatic rings. The molecule has 2 nitrogen and oxygen atoms in total. The molecule has 0 amide bonds. The van der Waals surface area contributed by atoms with Gasteiger partial charge in [0.05, 0.1) is 17.6 Å². The molecular formula is C51H34N2. The number of rotatable bonds is 6.